The highest BCUT2D eigenvalue weighted by molar-refractivity contribution is 8.16. The van der Waals surface area contributed by atoms with Gasteiger partial charge in [0.25, 0.3) is 11.6 Å². The largest absolute Gasteiger partial charge is 0.452 e. The fraction of sp³-hybridized carbons (Fsp3) is 0.263. The van der Waals surface area contributed by atoms with Crippen LogP contribution in [0.5, 0.6) is 0 Å². The Balaban J connectivity index is 1.52. The molecule has 0 aromatic heterocycles. The first-order chi connectivity index (χ1) is 13.9. The molecule has 0 spiro atoms. The molecule has 0 unspecified atom stereocenters. The van der Waals surface area contributed by atoms with Crippen LogP contribution >= 0.6 is 35.1 Å². The molecule has 1 saturated heterocycles. The Kier molecular flexibility index (Phi) is 7.40. The zero-order valence-corrected chi connectivity index (χ0v) is 17.5. The molecule has 29 heavy (non-hydrogen) atoms. The molecule has 1 fully saturated rings. The molecule has 2 aromatic rings. The van der Waals surface area contributed by atoms with E-state index in [4.69, 9.17) is 16.3 Å². The monoisotopic (exact) mass is 452 g/mol. The molecular weight excluding hydrogens is 436 g/mol. The quantitative estimate of drug-likeness (QED) is 0.377. The third kappa shape index (κ3) is 5.88. The molecule has 1 N–H and O–H groups in total. The number of nitro groups is 1. The lowest BCUT2D eigenvalue weighted by Gasteiger charge is -2.21. The van der Waals surface area contributed by atoms with Crippen LogP contribution in [0.4, 0.5) is 11.4 Å². The van der Waals surface area contributed by atoms with Gasteiger partial charge in [-0.25, -0.2) is 4.79 Å². The third-order valence-electron chi connectivity index (χ3n) is 4.02. The molecule has 0 radical (unpaired) electrons. The lowest BCUT2D eigenvalue weighted by atomic mass is 10.1. The molecule has 1 aliphatic heterocycles. The first kappa shape index (κ1) is 21.5. The number of nitro benzene ring substituents is 1. The van der Waals surface area contributed by atoms with Gasteiger partial charge in [0.2, 0.25) is 0 Å². The van der Waals surface area contributed by atoms with Crippen molar-refractivity contribution in [3.8, 4) is 0 Å². The van der Waals surface area contributed by atoms with Crippen molar-refractivity contribution in [3.63, 3.8) is 0 Å². The minimum atomic E-state index is -0.606. The van der Waals surface area contributed by atoms with E-state index in [1.807, 2.05) is 35.7 Å². The van der Waals surface area contributed by atoms with Gasteiger partial charge in [0.15, 0.2) is 6.61 Å². The van der Waals surface area contributed by atoms with Gasteiger partial charge in [-0.1, -0.05) is 23.7 Å². The number of thioether (sulfide) groups is 2. The number of nitrogens with zero attached hydrogens (tertiary/aromatic N) is 1. The summed E-state index contributed by atoms with van der Waals surface area (Å²) >= 11 is 9.71. The number of esters is 1. The van der Waals surface area contributed by atoms with Crippen LogP contribution in [0, 0.1) is 10.1 Å². The number of nitrogens with one attached hydrogen (secondary N) is 1. The molecule has 1 aliphatic rings. The molecule has 0 saturated carbocycles. The number of hydrogen-bond donors (Lipinski definition) is 1. The Hall–Kier alpha value is -2.23. The van der Waals surface area contributed by atoms with Gasteiger partial charge in [-0.15, -0.1) is 23.5 Å². The number of non-ortho nitro benzene ring substituents is 1. The SMILES string of the molecule is O=C(COC(=O)c1ccc(C2SCCCS2)cc1)Nc1ccc([N+](=O)[O-])cc1Cl. The van der Waals surface area contributed by atoms with E-state index >= 15 is 0 Å². The van der Waals surface area contributed by atoms with Crippen molar-refractivity contribution < 1.29 is 19.2 Å². The Morgan fingerprint density at radius 2 is 1.86 bits per heavy atom. The maximum Gasteiger partial charge on any atom is 0.338 e. The van der Waals surface area contributed by atoms with Gasteiger partial charge in [-0.3, -0.25) is 14.9 Å². The highest BCUT2D eigenvalue weighted by Gasteiger charge is 2.18. The van der Waals surface area contributed by atoms with E-state index in [0.29, 0.717) is 10.1 Å². The summed E-state index contributed by atoms with van der Waals surface area (Å²) in [7, 11) is 0. The first-order valence-electron chi connectivity index (χ1n) is 8.68. The van der Waals surface area contributed by atoms with Crippen molar-refractivity contribution in [3.05, 3.63) is 68.7 Å². The number of halogens is 1. The minimum absolute atomic E-state index is 0.0212. The summed E-state index contributed by atoms with van der Waals surface area (Å²) in [6.07, 6.45) is 1.21. The highest BCUT2D eigenvalue weighted by atomic mass is 35.5. The fourth-order valence-corrected chi connectivity index (χ4v) is 5.69. The van der Waals surface area contributed by atoms with E-state index in [-0.39, 0.29) is 16.4 Å². The average molecular weight is 453 g/mol. The van der Waals surface area contributed by atoms with Crippen LogP contribution in [-0.2, 0) is 9.53 Å². The van der Waals surface area contributed by atoms with Crippen LogP contribution in [0.25, 0.3) is 0 Å². The summed E-state index contributed by atoms with van der Waals surface area (Å²) in [6.45, 7) is -0.498. The number of anilines is 1. The standard InChI is InChI=1S/C19H17ClN2O5S2/c20-15-10-14(22(25)26)6-7-16(15)21-17(23)11-27-18(24)12-2-4-13(5-3-12)19-28-8-1-9-29-19/h2-7,10,19H,1,8-9,11H2,(H,21,23). The van der Waals surface area contributed by atoms with E-state index < -0.39 is 23.4 Å². The van der Waals surface area contributed by atoms with Crippen molar-refractivity contribution in [1.29, 1.82) is 0 Å². The normalized spacial score (nSPS) is 14.2. The second-order valence-corrected chi connectivity index (χ2v) is 9.23. The molecule has 0 bridgehead atoms. The van der Waals surface area contributed by atoms with Gasteiger partial charge < -0.3 is 10.1 Å². The van der Waals surface area contributed by atoms with Crippen molar-refractivity contribution in [1.82, 2.24) is 0 Å². The molecule has 10 heteroatoms. The lowest BCUT2D eigenvalue weighted by Crippen LogP contribution is -2.21. The first-order valence-corrected chi connectivity index (χ1v) is 11.2. The van der Waals surface area contributed by atoms with Gasteiger partial charge in [0, 0.05) is 12.1 Å². The van der Waals surface area contributed by atoms with Crippen LogP contribution in [0.2, 0.25) is 5.02 Å². The van der Waals surface area contributed by atoms with E-state index in [1.165, 1.54) is 18.6 Å². The number of carbonyl (C=O) groups excluding carboxylic acids is 2. The second kappa shape index (κ2) is 10.00. The zero-order chi connectivity index (χ0) is 20.8. The maximum absolute atomic E-state index is 12.2. The van der Waals surface area contributed by atoms with Crippen LogP contribution in [-0.4, -0.2) is 34.9 Å². The van der Waals surface area contributed by atoms with Crippen LogP contribution in [0.3, 0.4) is 0 Å². The van der Waals surface area contributed by atoms with Crippen molar-refractivity contribution >= 4 is 58.4 Å². The predicted molar refractivity (Wildman–Crippen MR) is 116 cm³/mol. The van der Waals surface area contributed by atoms with Crippen LogP contribution < -0.4 is 5.32 Å². The second-order valence-electron chi connectivity index (χ2n) is 6.09. The topological polar surface area (TPSA) is 98.5 Å². The van der Waals surface area contributed by atoms with E-state index in [2.05, 4.69) is 5.32 Å². The summed E-state index contributed by atoms with van der Waals surface area (Å²) < 4.78 is 5.42. The summed E-state index contributed by atoms with van der Waals surface area (Å²) in [5, 5.41) is 13.2. The number of ether oxygens (including phenoxy) is 1. The van der Waals surface area contributed by atoms with Crippen LogP contribution in [0.1, 0.15) is 26.9 Å². The Bertz CT molecular complexity index is 917. The summed E-state index contributed by atoms with van der Waals surface area (Å²) in [6, 6.07) is 10.9. The molecule has 1 heterocycles. The van der Waals surface area contributed by atoms with Gasteiger partial charge in [-0.05, 0) is 41.7 Å². The summed E-state index contributed by atoms with van der Waals surface area (Å²) in [4.78, 5) is 34.3. The van der Waals surface area contributed by atoms with Crippen molar-refractivity contribution in [2.24, 2.45) is 0 Å². The molecule has 0 atom stereocenters. The van der Waals surface area contributed by atoms with E-state index in [9.17, 15) is 19.7 Å². The van der Waals surface area contributed by atoms with Gasteiger partial charge in [0.05, 0.1) is 25.8 Å². The smallest absolute Gasteiger partial charge is 0.338 e. The van der Waals surface area contributed by atoms with Crippen LogP contribution in [0.15, 0.2) is 42.5 Å². The molecule has 7 nitrogen and oxygen atoms in total. The number of hydrogen-bond acceptors (Lipinski definition) is 7. The van der Waals surface area contributed by atoms with Crippen molar-refractivity contribution in [2.45, 2.75) is 11.0 Å². The van der Waals surface area contributed by atoms with Gasteiger partial charge >= 0.3 is 5.97 Å². The van der Waals surface area contributed by atoms with Gasteiger partial charge in [0.1, 0.15) is 0 Å². The minimum Gasteiger partial charge on any atom is -0.452 e. The number of amides is 1. The summed E-state index contributed by atoms with van der Waals surface area (Å²) in [5.41, 5.74) is 1.53. The Labute approximate surface area is 180 Å². The zero-order valence-electron chi connectivity index (χ0n) is 15.1. The van der Waals surface area contributed by atoms with E-state index in [0.717, 1.165) is 23.1 Å². The lowest BCUT2D eigenvalue weighted by molar-refractivity contribution is -0.384. The average Bonchev–Trinajstić information content (AvgIpc) is 2.74. The maximum atomic E-state index is 12.2. The number of rotatable bonds is 6. The van der Waals surface area contributed by atoms with E-state index in [1.54, 1.807) is 12.1 Å². The number of benzene rings is 2. The molecule has 3 rings (SSSR count). The number of carbonyl (C=O) groups is 2. The highest BCUT2D eigenvalue weighted by Crippen LogP contribution is 2.43. The summed E-state index contributed by atoms with van der Waals surface area (Å²) in [5.74, 6) is 1.07. The predicted octanol–water partition coefficient (Wildman–Crippen LogP) is 4.91. The molecule has 2 aromatic carbocycles. The third-order valence-corrected chi connectivity index (χ3v) is 7.35. The Morgan fingerprint density at radius 1 is 1.17 bits per heavy atom. The van der Waals surface area contributed by atoms with Gasteiger partial charge in [-0.2, -0.15) is 0 Å². The molecule has 152 valence electrons. The molecule has 0 aliphatic carbocycles. The Morgan fingerprint density at radius 3 is 2.48 bits per heavy atom. The molecule has 1 amide bonds. The van der Waals surface area contributed by atoms with Crippen molar-refractivity contribution in [2.75, 3.05) is 23.4 Å². The fourth-order valence-electron chi connectivity index (χ4n) is 2.58. The molecular formula is C19H17ClN2O5S2.